The Balaban J connectivity index is 1.88. The van der Waals surface area contributed by atoms with E-state index in [1.807, 2.05) is 0 Å². The molecule has 2 aliphatic heterocycles. The molecule has 2 rings (SSSR count). The molecule has 2 aliphatic rings. The van der Waals surface area contributed by atoms with Gasteiger partial charge in [0.1, 0.15) is 55.4 Å². The smallest absolute Gasteiger partial charge is 0.306 e. The van der Waals surface area contributed by atoms with Gasteiger partial charge in [0.2, 0.25) is 0 Å². The van der Waals surface area contributed by atoms with E-state index in [0.717, 1.165) is 70.6 Å². The van der Waals surface area contributed by atoms with Gasteiger partial charge in [-0.05, 0) is 89.9 Å². The van der Waals surface area contributed by atoms with Crippen molar-refractivity contribution in [1.82, 2.24) is 0 Å². The molecule has 0 spiro atoms. The number of rotatable bonds is 35. The summed E-state index contributed by atoms with van der Waals surface area (Å²) >= 11 is 0. The minimum absolute atomic E-state index is 0.0995. The molecular formula is C51H82O15. The number of carbonyl (C=O) groups excluding carboxylic acids is 2. The molecule has 15 nitrogen and oxygen atoms in total. The van der Waals surface area contributed by atoms with Crippen molar-refractivity contribution in [2.45, 2.75) is 197 Å². The van der Waals surface area contributed by atoms with Crippen LogP contribution in [0.3, 0.4) is 0 Å². The topological polar surface area (TPSA) is 231 Å². The van der Waals surface area contributed by atoms with E-state index in [1.54, 1.807) is 0 Å². The maximum absolute atomic E-state index is 13.0. The van der Waals surface area contributed by atoms with E-state index < -0.39 is 99.3 Å². The lowest BCUT2D eigenvalue weighted by molar-refractivity contribution is -0.332. The molecule has 0 saturated carbocycles. The lowest BCUT2D eigenvalue weighted by Crippen LogP contribution is -2.61. The molecule has 7 N–H and O–H groups in total. The van der Waals surface area contributed by atoms with Crippen LogP contribution in [-0.2, 0) is 38.0 Å². The first-order chi connectivity index (χ1) is 32.0. The highest BCUT2D eigenvalue weighted by Gasteiger charge is 2.47. The molecule has 0 aromatic rings. The summed E-state index contributed by atoms with van der Waals surface area (Å²) in [6, 6.07) is 0. The van der Waals surface area contributed by atoms with Crippen molar-refractivity contribution in [2.75, 3.05) is 26.4 Å². The Labute approximate surface area is 393 Å². The number of allylic oxidation sites excluding steroid dienone is 14. The second-order valence-corrected chi connectivity index (χ2v) is 16.5. The van der Waals surface area contributed by atoms with Crippen molar-refractivity contribution in [3.8, 4) is 0 Å². The first kappa shape index (κ1) is 58.8. The van der Waals surface area contributed by atoms with E-state index in [0.29, 0.717) is 12.8 Å². The lowest BCUT2D eigenvalue weighted by atomic mass is 9.98. The van der Waals surface area contributed by atoms with Crippen LogP contribution < -0.4 is 0 Å². The summed E-state index contributed by atoms with van der Waals surface area (Å²) in [7, 11) is 0. The molecule has 376 valence electrons. The number of hydrogen-bond acceptors (Lipinski definition) is 15. The van der Waals surface area contributed by atoms with Gasteiger partial charge in [-0.25, -0.2) is 0 Å². The molecule has 0 amide bonds. The number of aliphatic hydroxyl groups excluding tert-OH is 7. The van der Waals surface area contributed by atoms with Gasteiger partial charge >= 0.3 is 11.9 Å². The van der Waals surface area contributed by atoms with Gasteiger partial charge < -0.3 is 64.2 Å². The highest BCUT2D eigenvalue weighted by Crippen LogP contribution is 2.26. The van der Waals surface area contributed by atoms with Crippen LogP contribution in [0.25, 0.3) is 0 Å². The maximum atomic E-state index is 13.0. The first-order valence-corrected chi connectivity index (χ1v) is 24.2. The Hall–Kier alpha value is -3.32. The predicted molar refractivity (Wildman–Crippen MR) is 252 cm³/mol. The number of esters is 2. The first-order valence-electron chi connectivity index (χ1n) is 24.2. The normalized spacial score (nSPS) is 26.9. The number of carbonyl (C=O) groups is 2. The fraction of sp³-hybridized carbons (Fsp3) is 0.686. The van der Waals surface area contributed by atoms with Crippen molar-refractivity contribution in [3.05, 3.63) is 85.1 Å². The maximum Gasteiger partial charge on any atom is 0.306 e. The molecule has 0 radical (unpaired) electrons. The van der Waals surface area contributed by atoms with Crippen LogP contribution in [0.2, 0.25) is 0 Å². The van der Waals surface area contributed by atoms with Gasteiger partial charge in [0, 0.05) is 12.8 Å². The molecule has 66 heavy (non-hydrogen) atoms. The predicted octanol–water partition coefficient (Wildman–Crippen LogP) is 6.04. The third-order valence-electron chi connectivity index (χ3n) is 10.9. The number of unbranched alkanes of at least 4 members (excludes halogenated alkanes) is 7. The molecule has 0 aromatic heterocycles. The second-order valence-electron chi connectivity index (χ2n) is 16.5. The van der Waals surface area contributed by atoms with Gasteiger partial charge in [-0.1, -0.05) is 112 Å². The van der Waals surface area contributed by atoms with Gasteiger partial charge in [0.15, 0.2) is 18.7 Å². The summed E-state index contributed by atoms with van der Waals surface area (Å²) in [5.74, 6) is -1.03. The monoisotopic (exact) mass is 935 g/mol. The highest BCUT2D eigenvalue weighted by atomic mass is 16.7. The van der Waals surface area contributed by atoms with E-state index in [2.05, 4.69) is 98.9 Å². The zero-order chi connectivity index (χ0) is 48.2. The SMILES string of the molecule is CC/C=C/C/C=C/C/C=C/C/C=C/CCCCC(=O)O[C@H](COC(=O)CCCC/C=C/C/C=C/C/C=C/CCCCC)CO[C@@H]1O[C@H](CO[C@@H]2O[C@H](CO)[C@H](O)C(O)C2O)[C@H](O)C(O)C1O. The lowest BCUT2D eigenvalue weighted by Gasteiger charge is -2.42. The molecule has 0 aromatic carbocycles. The Bertz CT molecular complexity index is 1470. The van der Waals surface area contributed by atoms with E-state index in [-0.39, 0.29) is 19.4 Å². The van der Waals surface area contributed by atoms with Crippen molar-refractivity contribution < 1.29 is 73.8 Å². The van der Waals surface area contributed by atoms with Gasteiger partial charge in [0.05, 0.1) is 19.8 Å². The number of aliphatic hydroxyl groups is 7. The van der Waals surface area contributed by atoms with Crippen molar-refractivity contribution in [1.29, 1.82) is 0 Å². The minimum Gasteiger partial charge on any atom is -0.462 e. The van der Waals surface area contributed by atoms with Gasteiger partial charge in [0.25, 0.3) is 0 Å². The van der Waals surface area contributed by atoms with Crippen LogP contribution in [0.1, 0.15) is 129 Å². The molecule has 15 heteroatoms. The van der Waals surface area contributed by atoms with Crippen molar-refractivity contribution in [2.24, 2.45) is 0 Å². The third kappa shape index (κ3) is 25.7. The molecule has 2 saturated heterocycles. The van der Waals surface area contributed by atoms with E-state index in [1.165, 1.54) is 19.3 Å². The third-order valence-corrected chi connectivity index (χ3v) is 10.9. The van der Waals surface area contributed by atoms with Crippen molar-refractivity contribution in [3.63, 3.8) is 0 Å². The zero-order valence-corrected chi connectivity index (χ0v) is 39.4. The Morgan fingerprint density at radius 1 is 0.500 bits per heavy atom. The molecule has 0 bridgehead atoms. The Kier molecular flexibility index (Phi) is 33.5. The summed E-state index contributed by atoms with van der Waals surface area (Å²) in [4.78, 5) is 25.7. The largest absolute Gasteiger partial charge is 0.462 e. The van der Waals surface area contributed by atoms with Gasteiger partial charge in [-0.15, -0.1) is 0 Å². The summed E-state index contributed by atoms with van der Waals surface area (Å²) in [5, 5.41) is 72.0. The van der Waals surface area contributed by atoms with Crippen LogP contribution in [0.5, 0.6) is 0 Å². The van der Waals surface area contributed by atoms with Crippen LogP contribution in [-0.4, -0.2) is 142 Å². The molecule has 11 atom stereocenters. The summed E-state index contributed by atoms with van der Waals surface area (Å²) in [6.07, 6.45) is 27.7. The molecule has 2 heterocycles. The summed E-state index contributed by atoms with van der Waals surface area (Å²) < 4.78 is 33.4. The fourth-order valence-corrected chi connectivity index (χ4v) is 6.86. The molecule has 2 fully saturated rings. The molecule has 4 unspecified atom stereocenters. The minimum atomic E-state index is -1.78. The van der Waals surface area contributed by atoms with Crippen LogP contribution in [0, 0.1) is 0 Å². The van der Waals surface area contributed by atoms with Gasteiger partial charge in [-0.3, -0.25) is 9.59 Å². The summed E-state index contributed by atoms with van der Waals surface area (Å²) in [5.41, 5.74) is 0. The van der Waals surface area contributed by atoms with Crippen LogP contribution in [0.4, 0.5) is 0 Å². The van der Waals surface area contributed by atoms with E-state index in [9.17, 15) is 45.3 Å². The van der Waals surface area contributed by atoms with Crippen LogP contribution >= 0.6 is 0 Å². The highest BCUT2D eigenvalue weighted by molar-refractivity contribution is 5.70. The molecular weight excluding hydrogens is 853 g/mol. The van der Waals surface area contributed by atoms with Crippen molar-refractivity contribution >= 4 is 11.9 Å². The quantitative estimate of drug-likeness (QED) is 0.0218. The number of ether oxygens (including phenoxy) is 6. The standard InChI is InChI=1S/C51H82O15/c1-3-5-7-9-11-13-15-17-19-21-23-25-27-29-31-33-42(53)61-36-39(64-43(54)34-32-30-28-26-24-22-20-18-16-14-12-10-8-6-4-2)37-62-50-49(60)47(58)45(56)41(66-50)38-63-51-48(59)46(57)44(55)40(35-52)65-51/h6,8,11-14,17-20,23-26,39-41,44-52,55-60H,3-5,7,9-10,15-16,21-22,27-38H2,1-2H3/b8-6+,13-11+,14-12+,19-17+,20-18+,25-23+,26-24+/t39-,40-,41-,44+,45+,46?,47?,48?,49?,50-,51-/m1/s1. The van der Waals surface area contributed by atoms with Gasteiger partial charge in [-0.2, -0.15) is 0 Å². The Morgan fingerprint density at radius 2 is 0.939 bits per heavy atom. The van der Waals surface area contributed by atoms with E-state index >= 15 is 0 Å². The molecule has 0 aliphatic carbocycles. The van der Waals surface area contributed by atoms with E-state index in [4.69, 9.17) is 28.4 Å². The Morgan fingerprint density at radius 3 is 1.44 bits per heavy atom. The average Bonchev–Trinajstić information content (AvgIpc) is 3.31. The van der Waals surface area contributed by atoms with Crippen LogP contribution in [0.15, 0.2) is 85.1 Å². The zero-order valence-electron chi connectivity index (χ0n) is 39.4. The number of hydrogen-bond donors (Lipinski definition) is 7. The summed E-state index contributed by atoms with van der Waals surface area (Å²) in [6.45, 7) is 2.32. The average molecular weight is 935 g/mol. The fourth-order valence-electron chi connectivity index (χ4n) is 6.86. The second kappa shape index (κ2) is 37.6.